The zero-order chi connectivity index (χ0) is 13.9. The molecule has 0 radical (unpaired) electrons. The molecular weight excluding hydrogens is 254 g/mol. The largest absolute Gasteiger partial charge is 0.465 e. The van der Waals surface area contributed by atoms with Crippen LogP contribution < -0.4 is 5.32 Å². The van der Waals surface area contributed by atoms with Crippen LogP contribution in [0.4, 0.5) is 0 Å². The molecule has 0 atom stereocenters. The number of hydrogen-bond donors (Lipinski definition) is 1. The molecule has 0 aliphatic carbocycles. The van der Waals surface area contributed by atoms with Crippen molar-refractivity contribution in [1.29, 1.82) is 0 Å². The first kappa shape index (κ1) is 12.7. The number of nitrogens with zero attached hydrogens (tertiary/aromatic N) is 2. The summed E-state index contributed by atoms with van der Waals surface area (Å²) in [6.07, 6.45) is 6.03. The molecule has 5 heteroatoms. The Morgan fingerprint density at radius 3 is 2.90 bits per heavy atom. The second kappa shape index (κ2) is 5.38. The van der Waals surface area contributed by atoms with Crippen molar-refractivity contribution in [3.8, 4) is 11.3 Å². The first-order valence-corrected chi connectivity index (χ1v) is 6.51. The Morgan fingerprint density at radius 1 is 1.35 bits per heavy atom. The third kappa shape index (κ3) is 2.16. The fraction of sp³-hybridized carbons (Fsp3) is 0.267. The summed E-state index contributed by atoms with van der Waals surface area (Å²) >= 11 is 0. The first-order valence-electron chi connectivity index (χ1n) is 6.51. The standard InChI is InChI=1S/C15H15N3O2/c1-20-15(19)13-12-4-7-17-8-11(12)9-18-14(13)10-2-5-16-6-3-10/h2-3,5-6,9,17H,4,7-8H2,1H3. The molecule has 1 aliphatic heterocycles. The van der Waals surface area contributed by atoms with Crippen molar-refractivity contribution in [2.45, 2.75) is 13.0 Å². The number of aromatic nitrogens is 2. The van der Waals surface area contributed by atoms with E-state index in [1.54, 1.807) is 12.4 Å². The number of esters is 1. The molecule has 0 bridgehead atoms. The Balaban J connectivity index is 2.22. The maximum Gasteiger partial charge on any atom is 0.340 e. The van der Waals surface area contributed by atoms with Gasteiger partial charge in [-0.2, -0.15) is 0 Å². The van der Waals surface area contributed by atoms with Gasteiger partial charge in [0.15, 0.2) is 0 Å². The molecule has 0 spiro atoms. The van der Waals surface area contributed by atoms with Gasteiger partial charge in [-0.1, -0.05) is 0 Å². The topological polar surface area (TPSA) is 64.1 Å². The minimum atomic E-state index is -0.330. The Kier molecular flexibility index (Phi) is 3.43. The fourth-order valence-corrected chi connectivity index (χ4v) is 2.51. The van der Waals surface area contributed by atoms with Gasteiger partial charge in [0, 0.05) is 30.7 Å². The minimum absolute atomic E-state index is 0.330. The van der Waals surface area contributed by atoms with E-state index in [0.29, 0.717) is 11.3 Å². The van der Waals surface area contributed by atoms with Gasteiger partial charge in [0.25, 0.3) is 0 Å². The van der Waals surface area contributed by atoms with Crippen LogP contribution in [-0.2, 0) is 17.7 Å². The zero-order valence-corrected chi connectivity index (χ0v) is 11.2. The molecule has 20 heavy (non-hydrogen) atoms. The van der Waals surface area contributed by atoms with Crippen molar-refractivity contribution in [2.75, 3.05) is 13.7 Å². The van der Waals surface area contributed by atoms with E-state index in [0.717, 1.165) is 36.2 Å². The van der Waals surface area contributed by atoms with Crippen molar-refractivity contribution in [3.63, 3.8) is 0 Å². The third-order valence-corrected chi connectivity index (χ3v) is 3.49. The van der Waals surface area contributed by atoms with Gasteiger partial charge in [-0.3, -0.25) is 9.97 Å². The van der Waals surface area contributed by atoms with Gasteiger partial charge in [0.1, 0.15) is 0 Å². The summed E-state index contributed by atoms with van der Waals surface area (Å²) in [5.74, 6) is -0.330. The van der Waals surface area contributed by atoms with Crippen LogP contribution in [0.5, 0.6) is 0 Å². The molecule has 1 N–H and O–H groups in total. The second-order valence-electron chi connectivity index (χ2n) is 4.64. The third-order valence-electron chi connectivity index (χ3n) is 3.49. The molecule has 0 saturated heterocycles. The van der Waals surface area contributed by atoms with Crippen molar-refractivity contribution in [1.82, 2.24) is 15.3 Å². The predicted octanol–water partition coefficient (Wildman–Crippen LogP) is 1.58. The highest BCUT2D eigenvalue weighted by atomic mass is 16.5. The maximum absolute atomic E-state index is 12.2. The SMILES string of the molecule is COC(=O)c1c(-c2ccncc2)ncc2c1CCNC2. The molecule has 1 aliphatic rings. The number of hydrogen-bond acceptors (Lipinski definition) is 5. The summed E-state index contributed by atoms with van der Waals surface area (Å²) in [6.45, 7) is 1.60. The van der Waals surface area contributed by atoms with E-state index in [9.17, 15) is 4.79 Å². The van der Waals surface area contributed by atoms with E-state index in [1.807, 2.05) is 18.3 Å². The normalized spacial score (nSPS) is 13.7. The molecule has 0 amide bonds. The molecule has 0 fully saturated rings. The molecule has 2 aromatic rings. The highest BCUT2D eigenvalue weighted by Gasteiger charge is 2.23. The second-order valence-corrected chi connectivity index (χ2v) is 4.64. The summed E-state index contributed by atoms with van der Waals surface area (Å²) in [4.78, 5) is 20.6. The van der Waals surface area contributed by atoms with Gasteiger partial charge in [-0.25, -0.2) is 4.79 Å². The van der Waals surface area contributed by atoms with Crippen LogP contribution in [0.25, 0.3) is 11.3 Å². The van der Waals surface area contributed by atoms with Gasteiger partial charge in [0.05, 0.1) is 18.4 Å². The number of methoxy groups -OCH3 is 1. The monoisotopic (exact) mass is 269 g/mol. The number of ether oxygens (including phenoxy) is 1. The number of nitrogens with one attached hydrogen (secondary N) is 1. The lowest BCUT2D eigenvalue weighted by Crippen LogP contribution is -2.26. The highest BCUT2D eigenvalue weighted by Crippen LogP contribution is 2.28. The van der Waals surface area contributed by atoms with E-state index in [4.69, 9.17) is 4.74 Å². The molecule has 0 aromatic carbocycles. The van der Waals surface area contributed by atoms with E-state index in [2.05, 4.69) is 15.3 Å². The van der Waals surface area contributed by atoms with E-state index >= 15 is 0 Å². The summed E-state index contributed by atoms with van der Waals surface area (Å²) < 4.78 is 4.95. The molecule has 5 nitrogen and oxygen atoms in total. The average Bonchev–Trinajstić information content (AvgIpc) is 2.54. The highest BCUT2D eigenvalue weighted by molar-refractivity contribution is 5.98. The van der Waals surface area contributed by atoms with Crippen LogP contribution in [0.3, 0.4) is 0 Å². The number of carbonyl (C=O) groups is 1. The maximum atomic E-state index is 12.2. The number of pyridine rings is 2. The van der Waals surface area contributed by atoms with Crippen molar-refractivity contribution < 1.29 is 9.53 Å². The van der Waals surface area contributed by atoms with Crippen LogP contribution in [0.15, 0.2) is 30.7 Å². The summed E-state index contributed by atoms with van der Waals surface area (Å²) in [6, 6.07) is 3.70. The van der Waals surface area contributed by atoms with E-state index in [-0.39, 0.29) is 5.97 Å². The predicted molar refractivity (Wildman–Crippen MR) is 74.2 cm³/mol. The van der Waals surface area contributed by atoms with Gasteiger partial charge >= 0.3 is 5.97 Å². The molecular formula is C15H15N3O2. The lowest BCUT2D eigenvalue weighted by molar-refractivity contribution is 0.0599. The van der Waals surface area contributed by atoms with Crippen molar-refractivity contribution in [2.24, 2.45) is 0 Å². The van der Waals surface area contributed by atoms with Crippen molar-refractivity contribution in [3.05, 3.63) is 47.4 Å². The Hall–Kier alpha value is -2.27. The van der Waals surface area contributed by atoms with Crippen LogP contribution in [-0.4, -0.2) is 29.6 Å². The smallest absolute Gasteiger partial charge is 0.340 e. The zero-order valence-electron chi connectivity index (χ0n) is 11.2. The molecule has 2 aromatic heterocycles. The summed E-state index contributed by atoms with van der Waals surface area (Å²) in [7, 11) is 1.40. The molecule has 3 rings (SSSR count). The Labute approximate surface area is 117 Å². The Bertz CT molecular complexity index is 641. The summed E-state index contributed by atoms with van der Waals surface area (Å²) in [5, 5.41) is 3.28. The van der Waals surface area contributed by atoms with Gasteiger partial charge in [-0.05, 0) is 36.2 Å². The van der Waals surface area contributed by atoms with Crippen LogP contribution in [0, 0.1) is 0 Å². The summed E-state index contributed by atoms with van der Waals surface area (Å²) in [5.41, 5.74) is 4.23. The van der Waals surface area contributed by atoms with Crippen LogP contribution >= 0.6 is 0 Å². The molecule has 0 saturated carbocycles. The number of rotatable bonds is 2. The fourth-order valence-electron chi connectivity index (χ4n) is 2.51. The minimum Gasteiger partial charge on any atom is -0.465 e. The molecule has 102 valence electrons. The number of fused-ring (bicyclic) bond motifs is 1. The van der Waals surface area contributed by atoms with Crippen molar-refractivity contribution >= 4 is 5.97 Å². The number of carbonyl (C=O) groups excluding carboxylic acids is 1. The lowest BCUT2D eigenvalue weighted by Gasteiger charge is -2.21. The molecule has 0 unspecified atom stereocenters. The average molecular weight is 269 g/mol. The van der Waals surface area contributed by atoms with Crippen LogP contribution in [0.1, 0.15) is 21.5 Å². The van der Waals surface area contributed by atoms with Gasteiger partial charge in [0.2, 0.25) is 0 Å². The Morgan fingerprint density at radius 2 is 2.15 bits per heavy atom. The lowest BCUT2D eigenvalue weighted by atomic mass is 9.93. The van der Waals surface area contributed by atoms with Gasteiger partial charge in [-0.15, -0.1) is 0 Å². The van der Waals surface area contributed by atoms with Gasteiger partial charge < -0.3 is 10.1 Å². The first-order chi connectivity index (χ1) is 9.81. The van der Waals surface area contributed by atoms with E-state index < -0.39 is 0 Å². The quantitative estimate of drug-likeness (QED) is 0.838. The van der Waals surface area contributed by atoms with E-state index in [1.165, 1.54) is 7.11 Å². The van der Waals surface area contributed by atoms with Crippen LogP contribution in [0.2, 0.25) is 0 Å². The molecule has 3 heterocycles.